The van der Waals surface area contributed by atoms with Crippen LogP contribution < -0.4 is 4.90 Å². The topological polar surface area (TPSA) is 3.24 Å². The Balaban J connectivity index is 1.08. The van der Waals surface area contributed by atoms with Crippen molar-refractivity contribution >= 4 is 112 Å². The molecular formula is C48H29NS3. The Morgan fingerprint density at radius 3 is 1.62 bits per heavy atom. The molecule has 0 saturated heterocycles. The minimum atomic E-state index is 1.13. The van der Waals surface area contributed by atoms with Crippen molar-refractivity contribution in [1.82, 2.24) is 0 Å². The minimum Gasteiger partial charge on any atom is -0.309 e. The van der Waals surface area contributed by atoms with E-state index in [-0.39, 0.29) is 0 Å². The van der Waals surface area contributed by atoms with E-state index in [1.807, 2.05) is 34.0 Å². The lowest BCUT2D eigenvalue weighted by atomic mass is 10.0. The van der Waals surface area contributed by atoms with Crippen LogP contribution in [0.3, 0.4) is 0 Å². The average Bonchev–Trinajstić information content (AvgIpc) is 3.90. The molecule has 52 heavy (non-hydrogen) atoms. The second kappa shape index (κ2) is 11.9. The lowest BCUT2D eigenvalue weighted by Crippen LogP contribution is -2.10. The molecule has 0 aliphatic rings. The third kappa shape index (κ3) is 4.72. The van der Waals surface area contributed by atoms with E-state index in [1.54, 1.807) is 0 Å². The maximum absolute atomic E-state index is 2.45. The van der Waals surface area contributed by atoms with E-state index in [0.717, 1.165) is 11.4 Å². The Bertz CT molecular complexity index is 3140. The normalized spacial score (nSPS) is 11.8. The number of hydrogen-bond donors (Lipinski definition) is 0. The van der Waals surface area contributed by atoms with Crippen molar-refractivity contribution < 1.29 is 0 Å². The molecule has 3 heterocycles. The van der Waals surface area contributed by atoms with Gasteiger partial charge in [0.1, 0.15) is 0 Å². The summed E-state index contributed by atoms with van der Waals surface area (Å²) in [5.74, 6) is 0. The molecule has 1 nitrogen and oxygen atoms in total. The van der Waals surface area contributed by atoms with E-state index in [4.69, 9.17) is 0 Å². The van der Waals surface area contributed by atoms with Crippen LogP contribution in [0.4, 0.5) is 17.1 Å². The van der Waals surface area contributed by atoms with Crippen molar-refractivity contribution in [2.75, 3.05) is 4.90 Å². The monoisotopic (exact) mass is 715 g/mol. The van der Waals surface area contributed by atoms with Crippen LogP contribution >= 0.6 is 34.0 Å². The quantitative estimate of drug-likeness (QED) is 0.171. The highest BCUT2D eigenvalue weighted by molar-refractivity contribution is 7.27. The third-order valence-corrected chi connectivity index (χ3v) is 13.9. The van der Waals surface area contributed by atoms with Gasteiger partial charge in [-0.3, -0.25) is 0 Å². The molecule has 0 aliphatic heterocycles. The van der Waals surface area contributed by atoms with Gasteiger partial charge in [-0.05, 0) is 82.9 Å². The first-order valence-electron chi connectivity index (χ1n) is 17.5. The smallest absolute Gasteiger partial charge is 0.0640 e. The molecule has 0 spiro atoms. The van der Waals surface area contributed by atoms with Gasteiger partial charge >= 0.3 is 0 Å². The minimum absolute atomic E-state index is 1.13. The number of hydrogen-bond acceptors (Lipinski definition) is 4. The molecular weight excluding hydrogens is 687 g/mol. The summed E-state index contributed by atoms with van der Waals surface area (Å²) in [4.78, 5) is 2.45. The van der Waals surface area contributed by atoms with Crippen LogP contribution in [0, 0.1) is 0 Å². The molecule has 0 fully saturated rings. The molecule has 0 radical (unpaired) electrons. The Hall–Kier alpha value is -5.78. The van der Waals surface area contributed by atoms with Gasteiger partial charge in [0.15, 0.2) is 0 Å². The lowest BCUT2D eigenvalue weighted by molar-refractivity contribution is 1.30. The standard InChI is InChI=1S/C48H29NS3/c1-5-20-44-36(12-1)39-16-8-15-35(47(39)51-44)32-10-7-11-34(28-32)49(42-18-9-17-40-37-13-2-6-21-45(37)52-48(40)42)33-25-22-30(23-26-33)31-24-27-46-41(29-31)38-14-3-4-19-43(38)50-46/h1-29H. The van der Waals surface area contributed by atoms with Gasteiger partial charge in [0, 0.05) is 67.2 Å². The van der Waals surface area contributed by atoms with Crippen LogP contribution in [0.15, 0.2) is 176 Å². The van der Waals surface area contributed by atoms with Gasteiger partial charge in [0.25, 0.3) is 0 Å². The van der Waals surface area contributed by atoms with Crippen molar-refractivity contribution in [1.29, 1.82) is 0 Å². The SMILES string of the molecule is c1cc(-c2cccc3c2sc2ccccc23)cc(N(c2ccc(-c3ccc4sc5ccccc5c4c3)cc2)c2cccc3c2sc2ccccc23)c1. The molecule has 244 valence electrons. The molecule has 0 unspecified atom stereocenters. The Morgan fingerprint density at radius 2 is 0.865 bits per heavy atom. The van der Waals surface area contributed by atoms with Crippen molar-refractivity contribution in [3.05, 3.63) is 176 Å². The summed E-state index contributed by atoms with van der Waals surface area (Å²) in [6.45, 7) is 0. The summed E-state index contributed by atoms with van der Waals surface area (Å²) < 4.78 is 7.92. The van der Waals surface area contributed by atoms with Gasteiger partial charge < -0.3 is 4.90 Å². The van der Waals surface area contributed by atoms with Gasteiger partial charge in [-0.1, -0.05) is 115 Å². The van der Waals surface area contributed by atoms with Crippen LogP contribution in [-0.4, -0.2) is 0 Å². The molecule has 0 aliphatic carbocycles. The molecule has 0 amide bonds. The maximum Gasteiger partial charge on any atom is 0.0640 e. The van der Waals surface area contributed by atoms with Crippen molar-refractivity contribution in [2.45, 2.75) is 0 Å². The van der Waals surface area contributed by atoms with E-state index in [1.165, 1.54) is 88.5 Å². The van der Waals surface area contributed by atoms with E-state index in [9.17, 15) is 0 Å². The molecule has 4 heteroatoms. The fraction of sp³-hybridized carbons (Fsp3) is 0. The second-order valence-electron chi connectivity index (χ2n) is 13.3. The Kier molecular flexibility index (Phi) is 6.84. The number of rotatable bonds is 5. The Morgan fingerprint density at radius 1 is 0.308 bits per heavy atom. The first kappa shape index (κ1) is 29.9. The number of thiophene rings is 3. The highest BCUT2D eigenvalue weighted by atomic mass is 32.1. The summed E-state index contributed by atoms with van der Waals surface area (Å²) >= 11 is 5.62. The van der Waals surface area contributed by atoms with Gasteiger partial charge in [-0.15, -0.1) is 34.0 Å². The van der Waals surface area contributed by atoms with Crippen LogP contribution in [0.1, 0.15) is 0 Å². The molecule has 0 bridgehead atoms. The third-order valence-electron chi connectivity index (χ3n) is 10.3. The van der Waals surface area contributed by atoms with Gasteiger partial charge in [-0.25, -0.2) is 0 Å². The summed E-state index contributed by atoms with van der Waals surface area (Å²) in [6.07, 6.45) is 0. The summed E-state index contributed by atoms with van der Waals surface area (Å²) in [5.41, 5.74) is 8.40. The molecule has 0 saturated carbocycles. The van der Waals surface area contributed by atoms with Crippen LogP contribution in [0.25, 0.3) is 82.8 Å². The fourth-order valence-corrected chi connectivity index (χ4v) is 11.4. The molecule has 0 N–H and O–H groups in total. The zero-order valence-electron chi connectivity index (χ0n) is 27.9. The van der Waals surface area contributed by atoms with Gasteiger partial charge in [0.2, 0.25) is 0 Å². The molecule has 11 rings (SSSR count). The zero-order valence-corrected chi connectivity index (χ0v) is 30.4. The van der Waals surface area contributed by atoms with Crippen LogP contribution in [-0.2, 0) is 0 Å². The Labute approximate surface area is 312 Å². The van der Waals surface area contributed by atoms with Gasteiger partial charge in [-0.2, -0.15) is 0 Å². The zero-order chi connectivity index (χ0) is 34.2. The van der Waals surface area contributed by atoms with E-state index >= 15 is 0 Å². The van der Waals surface area contributed by atoms with Gasteiger partial charge in [0.05, 0.1) is 10.4 Å². The summed E-state index contributed by atoms with van der Waals surface area (Å²) in [5, 5.41) is 7.90. The largest absolute Gasteiger partial charge is 0.309 e. The lowest BCUT2D eigenvalue weighted by Gasteiger charge is -2.27. The van der Waals surface area contributed by atoms with Crippen LogP contribution in [0.2, 0.25) is 0 Å². The highest BCUT2D eigenvalue weighted by Crippen LogP contribution is 2.47. The molecule has 11 aromatic rings. The molecule has 3 aromatic heterocycles. The predicted molar refractivity (Wildman–Crippen MR) is 231 cm³/mol. The summed E-state index contributed by atoms with van der Waals surface area (Å²) in [6, 6.07) is 64.9. The second-order valence-corrected chi connectivity index (χ2v) is 16.5. The van der Waals surface area contributed by atoms with E-state index in [0.29, 0.717) is 0 Å². The predicted octanol–water partition coefficient (Wildman–Crippen LogP) is 15.6. The van der Waals surface area contributed by atoms with E-state index < -0.39 is 0 Å². The first-order valence-corrected chi connectivity index (χ1v) is 19.9. The maximum atomic E-state index is 2.45. The molecule has 0 atom stereocenters. The fourth-order valence-electron chi connectivity index (χ4n) is 7.83. The van der Waals surface area contributed by atoms with E-state index in [2.05, 4.69) is 181 Å². The molecule has 8 aromatic carbocycles. The summed E-state index contributed by atoms with van der Waals surface area (Å²) in [7, 11) is 0. The average molecular weight is 716 g/mol. The number of nitrogens with zero attached hydrogens (tertiary/aromatic N) is 1. The van der Waals surface area contributed by atoms with Crippen molar-refractivity contribution in [2.24, 2.45) is 0 Å². The number of fused-ring (bicyclic) bond motifs is 9. The van der Waals surface area contributed by atoms with Crippen molar-refractivity contribution in [3.63, 3.8) is 0 Å². The van der Waals surface area contributed by atoms with Crippen LogP contribution in [0.5, 0.6) is 0 Å². The number of anilines is 3. The van der Waals surface area contributed by atoms with Crippen molar-refractivity contribution in [3.8, 4) is 22.3 Å². The highest BCUT2D eigenvalue weighted by Gasteiger charge is 2.20. The number of benzene rings is 8. The first-order chi connectivity index (χ1) is 25.8.